The number of nitrogens with zero attached hydrogens (tertiary/aromatic N) is 1. The van der Waals surface area contributed by atoms with Crippen LogP contribution >= 0.6 is 22.7 Å². The first kappa shape index (κ1) is 17.7. The summed E-state index contributed by atoms with van der Waals surface area (Å²) in [6.45, 7) is 3.07. The zero-order valence-corrected chi connectivity index (χ0v) is 15.7. The molecule has 0 aliphatic heterocycles. The molecule has 0 saturated carbocycles. The van der Waals surface area contributed by atoms with E-state index < -0.39 is 0 Å². The van der Waals surface area contributed by atoms with E-state index in [2.05, 4.69) is 44.5 Å². The van der Waals surface area contributed by atoms with Crippen LogP contribution in [0.2, 0.25) is 0 Å². The van der Waals surface area contributed by atoms with E-state index in [0.717, 1.165) is 35.0 Å². The molecule has 0 radical (unpaired) electrons. The van der Waals surface area contributed by atoms with Crippen LogP contribution in [0.3, 0.4) is 0 Å². The summed E-state index contributed by atoms with van der Waals surface area (Å²) in [7, 11) is 0. The van der Waals surface area contributed by atoms with E-state index in [1.165, 1.54) is 5.56 Å². The molecule has 0 aliphatic carbocycles. The van der Waals surface area contributed by atoms with E-state index in [1.54, 1.807) is 22.7 Å². The van der Waals surface area contributed by atoms with Gasteiger partial charge in [-0.25, -0.2) is 4.98 Å². The number of hydrogen-bond acceptors (Lipinski definition) is 5. The predicted molar refractivity (Wildman–Crippen MR) is 105 cm³/mol. The second kappa shape index (κ2) is 8.82. The smallest absolute Gasteiger partial charge is 0.148 e. The standard InChI is InChI=1S/C20H20N2OS2/c1-3-8-23-18-6-4-5-16(10-18)12-21-19(11-17-7-9-24-14-17)20-22-15(2)13-25-20/h1,4-7,9-10,13-14,19,21H,8,11-12H2,2H3/t19-/m1/s1. The Labute approximate surface area is 156 Å². The van der Waals surface area contributed by atoms with Crippen molar-refractivity contribution in [3.8, 4) is 18.1 Å². The Morgan fingerprint density at radius 3 is 2.92 bits per heavy atom. The molecule has 128 valence electrons. The highest BCUT2D eigenvalue weighted by atomic mass is 32.1. The number of nitrogens with one attached hydrogen (secondary N) is 1. The summed E-state index contributed by atoms with van der Waals surface area (Å²) < 4.78 is 5.50. The molecule has 0 bridgehead atoms. The molecule has 3 rings (SSSR count). The summed E-state index contributed by atoms with van der Waals surface area (Å²) in [5.41, 5.74) is 3.57. The van der Waals surface area contributed by atoms with Crippen LogP contribution in [0.15, 0.2) is 46.5 Å². The van der Waals surface area contributed by atoms with E-state index in [0.29, 0.717) is 0 Å². The highest BCUT2D eigenvalue weighted by Crippen LogP contribution is 2.24. The normalized spacial score (nSPS) is 11.8. The molecule has 3 aromatic rings. The second-order valence-electron chi connectivity index (χ2n) is 5.74. The lowest BCUT2D eigenvalue weighted by molar-refractivity contribution is 0.369. The quantitative estimate of drug-likeness (QED) is 0.590. The van der Waals surface area contributed by atoms with Crippen molar-refractivity contribution >= 4 is 22.7 Å². The van der Waals surface area contributed by atoms with E-state index in [1.807, 2.05) is 25.1 Å². The summed E-state index contributed by atoms with van der Waals surface area (Å²) in [5, 5.41) is 11.2. The lowest BCUT2D eigenvalue weighted by Gasteiger charge is -2.16. The number of thiophene rings is 1. The number of benzene rings is 1. The third kappa shape index (κ3) is 5.17. The van der Waals surface area contributed by atoms with Crippen LogP contribution in [0.5, 0.6) is 5.75 Å². The monoisotopic (exact) mass is 368 g/mol. The van der Waals surface area contributed by atoms with E-state index >= 15 is 0 Å². The van der Waals surface area contributed by atoms with Crippen LogP contribution < -0.4 is 10.1 Å². The van der Waals surface area contributed by atoms with Crippen molar-refractivity contribution in [1.29, 1.82) is 0 Å². The minimum atomic E-state index is 0.198. The van der Waals surface area contributed by atoms with Gasteiger partial charge in [-0.1, -0.05) is 18.1 Å². The molecule has 5 heteroatoms. The zero-order chi connectivity index (χ0) is 17.5. The number of aromatic nitrogens is 1. The zero-order valence-electron chi connectivity index (χ0n) is 14.1. The molecule has 2 heterocycles. The minimum Gasteiger partial charge on any atom is -0.481 e. The number of ether oxygens (including phenoxy) is 1. The van der Waals surface area contributed by atoms with Gasteiger partial charge in [0.15, 0.2) is 0 Å². The molecule has 0 spiro atoms. The Morgan fingerprint density at radius 2 is 2.20 bits per heavy atom. The van der Waals surface area contributed by atoms with Gasteiger partial charge in [-0.15, -0.1) is 17.8 Å². The van der Waals surface area contributed by atoms with Gasteiger partial charge in [0.05, 0.1) is 6.04 Å². The molecule has 0 aliphatic rings. The molecule has 1 atom stereocenters. The molecular formula is C20H20N2OS2. The average Bonchev–Trinajstić information content (AvgIpc) is 3.28. The molecule has 0 unspecified atom stereocenters. The molecule has 1 aromatic carbocycles. The Morgan fingerprint density at radius 1 is 1.28 bits per heavy atom. The van der Waals surface area contributed by atoms with Crippen molar-refractivity contribution < 1.29 is 4.74 Å². The first-order valence-electron chi connectivity index (χ1n) is 8.06. The Bertz CT molecular complexity index is 834. The Kier molecular flexibility index (Phi) is 6.24. The lowest BCUT2D eigenvalue weighted by Crippen LogP contribution is -2.22. The van der Waals surface area contributed by atoms with Crippen LogP contribution in [0.25, 0.3) is 0 Å². The number of thiazole rings is 1. The maximum absolute atomic E-state index is 5.50. The fourth-order valence-corrected chi connectivity index (χ4v) is 4.09. The third-order valence-corrected chi connectivity index (χ3v) is 5.54. The van der Waals surface area contributed by atoms with Crippen molar-refractivity contribution in [2.75, 3.05) is 6.61 Å². The Balaban J connectivity index is 1.69. The summed E-state index contributed by atoms with van der Waals surface area (Å²) in [5.74, 6) is 3.29. The first-order chi connectivity index (χ1) is 12.2. The average molecular weight is 369 g/mol. The van der Waals surface area contributed by atoms with Crippen LogP contribution in [-0.4, -0.2) is 11.6 Å². The largest absolute Gasteiger partial charge is 0.481 e. The molecule has 0 saturated heterocycles. The van der Waals surface area contributed by atoms with Gasteiger partial charge in [0.25, 0.3) is 0 Å². The van der Waals surface area contributed by atoms with Crippen molar-refractivity contribution in [2.24, 2.45) is 0 Å². The Hall–Kier alpha value is -2.13. The fourth-order valence-electron chi connectivity index (χ4n) is 2.53. The molecule has 1 N–H and O–H groups in total. The van der Waals surface area contributed by atoms with Gasteiger partial charge >= 0.3 is 0 Å². The maximum Gasteiger partial charge on any atom is 0.148 e. The van der Waals surface area contributed by atoms with Crippen LogP contribution in [0, 0.1) is 19.3 Å². The summed E-state index contributed by atoms with van der Waals surface area (Å²) in [6.07, 6.45) is 6.19. The highest BCUT2D eigenvalue weighted by Gasteiger charge is 2.16. The molecule has 0 amide bonds. The van der Waals surface area contributed by atoms with Crippen LogP contribution in [0.4, 0.5) is 0 Å². The molecule has 2 aromatic heterocycles. The molecule has 3 nitrogen and oxygen atoms in total. The molecule has 25 heavy (non-hydrogen) atoms. The van der Waals surface area contributed by atoms with Gasteiger partial charge in [-0.3, -0.25) is 0 Å². The third-order valence-electron chi connectivity index (χ3n) is 3.73. The van der Waals surface area contributed by atoms with E-state index in [-0.39, 0.29) is 12.6 Å². The number of hydrogen-bond donors (Lipinski definition) is 1. The highest BCUT2D eigenvalue weighted by molar-refractivity contribution is 7.09. The van der Waals surface area contributed by atoms with Crippen molar-refractivity contribution in [3.05, 3.63) is 68.3 Å². The summed E-state index contributed by atoms with van der Waals surface area (Å²) >= 11 is 3.44. The number of terminal acetylenes is 1. The minimum absolute atomic E-state index is 0.198. The first-order valence-corrected chi connectivity index (χ1v) is 9.88. The van der Waals surface area contributed by atoms with Gasteiger partial charge < -0.3 is 10.1 Å². The second-order valence-corrected chi connectivity index (χ2v) is 7.41. The summed E-state index contributed by atoms with van der Waals surface area (Å²) in [4.78, 5) is 4.67. The van der Waals surface area contributed by atoms with Gasteiger partial charge in [0.1, 0.15) is 17.4 Å². The van der Waals surface area contributed by atoms with Crippen molar-refractivity contribution in [3.63, 3.8) is 0 Å². The molecular weight excluding hydrogens is 348 g/mol. The maximum atomic E-state index is 5.50. The van der Waals surface area contributed by atoms with Gasteiger partial charge in [0, 0.05) is 17.6 Å². The SMILES string of the molecule is C#CCOc1cccc(CN[C@H](Cc2ccsc2)c2nc(C)cs2)c1. The van der Waals surface area contributed by atoms with E-state index in [9.17, 15) is 0 Å². The summed E-state index contributed by atoms with van der Waals surface area (Å²) in [6, 6.07) is 10.4. The fraction of sp³-hybridized carbons (Fsp3) is 0.250. The predicted octanol–water partition coefficient (Wildman–Crippen LogP) is 4.60. The van der Waals surface area contributed by atoms with Gasteiger partial charge in [-0.05, 0) is 53.4 Å². The number of rotatable bonds is 8. The van der Waals surface area contributed by atoms with Crippen LogP contribution in [-0.2, 0) is 13.0 Å². The van der Waals surface area contributed by atoms with Crippen molar-refractivity contribution in [2.45, 2.75) is 25.9 Å². The van der Waals surface area contributed by atoms with Gasteiger partial charge in [-0.2, -0.15) is 11.3 Å². The van der Waals surface area contributed by atoms with Crippen LogP contribution in [0.1, 0.15) is 27.9 Å². The topological polar surface area (TPSA) is 34.1 Å². The number of aryl methyl sites for hydroxylation is 1. The van der Waals surface area contributed by atoms with Gasteiger partial charge in [0.2, 0.25) is 0 Å². The molecule has 0 fully saturated rings. The van der Waals surface area contributed by atoms with Crippen molar-refractivity contribution in [1.82, 2.24) is 10.3 Å². The van der Waals surface area contributed by atoms with E-state index in [4.69, 9.17) is 11.2 Å². The lowest BCUT2D eigenvalue weighted by atomic mass is 10.1.